The van der Waals surface area contributed by atoms with Gasteiger partial charge in [0.05, 0.1) is 16.1 Å². The average molecular weight is 629 g/mol. The zero-order chi connectivity index (χ0) is 28.0. The first-order chi connectivity index (χ1) is 18.6. The van der Waals surface area contributed by atoms with E-state index in [4.69, 9.17) is 16.3 Å². The van der Waals surface area contributed by atoms with Gasteiger partial charge in [-0.1, -0.05) is 51.8 Å². The molecule has 8 nitrogen and oxygen atoms in total. The molecule has 11 heteroatoms. The summed E-state index contributed by atoms with van der Waals surface area (Å²) in [5, 5.41) is 5.81. The fraction of sp³-hybridized carbons (Fsp3) is 0.0714. The van der Waals surface area contributed by atoms with Crippen molar-refractivity contribution in [3.8, 4) is 5.75 Å². The summed E-state index contributed by atoms with van der Waals surface area (Å²) in [4.78, 5) is 25.4. The largest absolute Gasteiger partial charge is 0.483 e. The van der Waals surface area contributed by atoms with Crippen molar-refractivity contribution < 1.29 is 22.7 Å². The van der Waals surface area contributed by atoms with Crippen LogP contribution in [0.1, 0.15) is 15.9 Å². The van der Waals surface area contributed by atoms with Crippen LogP contribution in [-0.2, 0) is 14.8 Å². The summed E-state index contributed by atoms with van der Waals surface area (Å²) in [5.74, 6) is -0.731. The number of amides is 2. The van der Waals surface area contributed by atoms with Crippen LogP contribution in [0.5, 0.6) is 5.75 Å². The maximum absolute atomic E-state index is 13.1. The quantitative estimate of drug-likeness (QED) is 0.196. The fourth-order valence-electron chi connectivity index (χ4n) is 3.58. The minimum Gasteiger partial charge on any atom is -0.483 e. The molecule has 200 valence electrons. The molecule has 0 fully saturated rings. The molecule has 4 aromatic carbocycles. The number of halogens is 2. The second-order valence-corrected chi connectivity index (χ2v) is 11.4. The topological polar surface area (TPSA) is 114 Å². The Morgan fingerprint density at radius 2 is 1.56 bits per heavy atom. The highest BCUT2D eigenvalue weighted by Gasteiger charge is 2.20. The van der Waals surface area contributed by atoms with E-state index in [1.54, 1.807) is 85.8 Å². The molecule has 4 aromatic rings. The maximum atomic E-state index is 13.1. The fourth-order valence-corrected chi connectivity index (χ4v) is 5.36. The normalized spacial score (nSPS) is 10.9. The predicted octanol–water partition coefficient (Wildman–Crippen LogP) is 6.48. The summed E-state index contributed by atoms with van der Waals surface area (Å²) < 4.78 is 35.1. The van der Waals surface area contributed by atoms with Crippen molar-refractivity contribution >= 4 is 66.4 Å². The van der Waals surface area contributed by atoms with Crippen LogP contribution in [0, 0.1) is 6.92 Å². The molecule has 0 saturated heterocycles. The molecule has 0 aromatic heterocycles. The van der Waals surface area contributed by atoms with Crippen molar-refractivity contribution in [2.75, 3.05) is 22.0 Å². The molecule has 4 rings (SSSR count). The van der Waals surface area contributed by atoms with Gasteiger partial charge in [-0.25, -0.2) is 8.42 Å². The zero-order valence-corrected chi connectivity index (χ0v) is 23.7. The van der Waals surface area contributed by atoms with E-state index in [1.165, 1.54) is 12.1 Å². The number of benzene rings is 4. The highest BCUT2D eigenvalue weighted by molar-refractivity contribution is 9.10. The van der Waals surface area contributed by atoms with Crippen molar-refractivity contribution in [3.05, 3.63) is 112 Å². The molecule has 0 saturated carbocycles. The standard InChI is InChI=1S/C28H23BrClN3O5S/c1-18-9-12-22(16-26(18)39(36,37)33-23-6-4-5-20(30)15-23)32-28(35)24-7-2-3-8-25(24)38-17-27(34)31-21-13-10-19(29)11-14-21/h2-16,33H,17H2,1H3,(H,31,34)(H,32,35). The third-order valence-corrected chi connectivity index (χ3v) is 7.72. The van der Waals surface area contributed by atoms with Gasteiger partial charge in [0.25, 0.3) is 21.8 Å². The molecule has 0 radical (unpaired) electrons. The van der Waals surface area contributed by atoms with Crippen molar-refractivity contribution in [3.63, 3.8) is 0 Å². The third kappa shape index (κ3) is 7.60. The molecule has 0 spiro atoms. The van der Waals surface area contributed by atoms with Crippen LogP contribution < -0.4 is 20.1 Å². The molecule has 0 atom stereocenters. The molecule has 0 unspecified atom stereocenters. The van der Waals surface area contributed by atoms with E-state index in [-0.39, 0.29) is 28.5 Å². The number of carbonyl (C=O) groups excluding carboxylic acids is 2. The van der Waals surface area contributed by atoms with Gasteiger partial charge >= 0.3 is 0 Å². The predicted molar refractivity (Wildman–Crippen MR) is 156 cm³/mol. The molecule has 0 heterocycles. The SMILES string of the molecule is Cc1ccc(NC(=O)c2ccccc2OCC(=O)Nc2ccc(Br)cc2)cc1S(=O)(=O)Nc1cccc(Cl)c1. The Morgan fingerprint density at radius 3 is 2.31 bits per heavy atom. The van der Waals surface area contributed by atoms with Crippen molar-refractivity contribution in [1.29, 1.82) is 0 Å². The zero-order valence-electron chi connectivity index (χ0n) is 20.6. The van der Waals surface area contributed by atoms with Gasteiger partial charge < -0.3 is 15.4 Å². The van der Waals surface area contributed by atoms with E-state index in [1.807, 2.05) is 0 Å². The number of para-hydroxylation sites is 1. The highest BCUT2D eigenvalue weighted by atomic mass is 79.9. The van der Waals surface area contributed by atoms with Gasteiger partial charge in [-0.15, -0.1) is 0 Å². The summed E-state index contributed by atoms with van der Waals surface area (Å²) in [6.07, 6.45) is 0. The number of sulfonamides is 1. The van der Waals surface area contributed by atoms with E-state index in [0.29, 0.717) is 22.0 Å². The Hall–Kier alpha value is -3.86. The van der Waals surface area contributed by atoms with E-state index >= 15 is 0 Å². The van der Waals surface area contributed by atoms with Crippen molar-refractivity contribution in [2.24, 2.45) is 0 Å². The summed E-state index contributed by atoms with van der Waals surface area (Å²) >= 11 is 9.31. The van der Waals surface area contributed by atoms with E-state index in [9.17, 15) is 18.0 Å². The van der Waals surface area contributed by atoms with Gasteiger partial charge in [-0.05, 0) is 79.2 Å². The number of hydrogen-bond donors (Lipinski definition) is 3. The van der Waals surface area contributed by atoms with Crippen LogP contribution in [0.3, 0.4) is 0 Å². The van der Waals surface area contributed by atoms with E-state index in [2.05, 4.69) is 31.3 Å². The highest BCUT2D eigenvalue weighted by Crippen LogP contribution is 2.26. The van der Waals surface area contributed by atoms with Crippen LogP contribution in [0.2, 0.25) is 5.02 Å². The monoisotopic (exact) mass is 627 g/mol. The molecule has 0 bridgehead atoms. The Balaban J connectivity index is 1.46. The maximum Gasteiger partial charge on any atom is 0.262 e. The number of ether oxygens (including phenoxy) is 1. The molecule has 3 N–H and O–H groups in total. The third-order valence-electron chi connectivity index (χ3n) is 5.43. The molecular weight excluding hydrogens is 606 g/mol. The summed E-state index contributed by atoms with van der Waals surface area (Å²) in [6, 6.07) is 24.4. The van der Waals surface area contributed by atoms with Crippen molar-refractivity contribution in [2.45, 2.75) is 11.8 Å². The molecule has 0 aliphatic rings. The minimum atomic E-state index is -3.97. The second kappa shape index (κ2) is 12.3. The van der Waals surface area contributed by atoms with Crippen LogP contribution in [-0.4, -0.2) is 26.8 Å². The van der Waals surface area contributed by atoms with Gasteiger partial charge in [0.1, 0.15) is 5.75 Å². The first-order valence-electron chi connectivity index (χ1n) is 11.6. The summed E-state index contributed by atoms with van der Waals surface area (Å²) in [6.45, 7) is 1.34. The molecule has 0 aliphatic carbocycles. The Morgan fingerprint density at radius 1 is 0.846 bits per heavy atom. The Bertz CT molecular complexity index is 1630. The van der Waals surface area contributed by atoms with Crippen LogP contribution in [0.25, 0.3) is 0 Å². The lowest BCUT2D eigenvalue weighted by molar-refractivity contribution is -0.118. The van der Waals surface area contributed by atoms with Gasteiger partial charge in [0.2, 0.25) is 0 Å². The van der Waals surface area contributed by atoms with E-state index in [0.717, 1.165) is 4.47 Å². The average Bonchev–Trinajstić information content (AvgIpc) is 2.89. The molecule has 2 amide bonds. The number of aryl methyl sites for hydroxylation is 1. The number of hydrogen-bond acceptors (Lipinski definition) is 5. The minimum absolute atomic E-state index is 0.00516. The van der Waals surface area contributed by atoms with Gasteiger partial charge in [-0.2, -0.15) is 0 Å². The van der Waals surface area contributed by atoms with Crippen LogP contribution in [0.4, 0.5) is 17.1 Å². The number of carbonyl (C=O) groups is 2. The Kier molecular flexibility index (Phi) is 8.90. The molecular formula is C28H23BrClN3O5S. The number of rotatable bonds is 9. The van der Waals surface area contributed by atoms with Crippen molar-refractivity contribution in [1.82, 2.24) is 0 Å². The lowest BCUT2D eigenvalue weighted by Gasteiger charge is -2.14. The number of nitrogens with one attached hydrogen (secondary N) is 3. The second-order valence-electron chi connectivity index (χ2n) is 8.39. The summed E-state index contributed by atoms with van der Waals surface area (Å²) in [7, 11) is -3.97. The van der Waals surface area contributed by atoms with Gasteiger partial charge in [-0.3, -0.25) is 14.3 Å². The van der Waals surface area contributed by atoms with Crippen LogP contribution >= 0.6 is 27.5 Å². The lowest BCUT2D eigenvalue weighted by atomic mass is 10.1. The molecule has 39 heavy (non-hydrogen) atoms. The van der Waals surface area contributed by atoms with Crippen LogP contribution in [0.15, 0.2) is 100 Å². The first kappa shape index (κ1) is 28.2. The first-order valence-corrected chi connectivity index (χ1v) is 14.2. The number of anilines is 3. The Labute approximate surface area is 239 Å². The smallest absolute Gasteiger partial charge is 0.262 e. The van der Waals surface area contributed by atoms with E-state index < -0.39 is 21.8 Å². The lowest BCUT2D eigenvalue weighted by Crippen LogP contribution is -2.21. The van der Waals surface area contributed by atoms with Gasteiger partial charge in [0, 0.05) is 20.9 Å². The van der Waals surface area contributed by atoms with Gasteiger partial charge in [0.15, 0.2) is 6.61 Å². The molecule has 0 aliphatic heterocycles. The summed E-state index contributed by atoms with van der Waals surface area (Å²) in [5.41, 5.74) is 1.85.